The summed E-state index contributed by atoms with van der Waals surface area (Å²) in [5.41, 5.74) is -3.63. The van der Waals surface area contributed by atoms with Crippen LogP contribution in [0.1, 0.15) is 24.5 Å². The average molecular weight is 521 g/mol. The highest BCUT2D eigenvalue weighted by Crippen LogP contribution is 2.31. The lowest BCUT2D eigenvalue weighted by atomic mass is 10.2. The summed E-state index contributed by atoms with van der Waals surface area (Å²) in [6.07, 6.45) is -6.16. The molecule has 0 bridgehead atoms. The Hall–Kier alpha value is -3.40. The number of aromatic amines is 1. The summed E-state index contributed by atoms with van der Waals surface area (Å²) in [7, 11) is 0. The van der Waals surface area contributed by atoms with Crippen molar-refractivity contribution in [1.82, 2.24) is 25.1 Å². The maximum Gasteiger partial charge on any atom is 0.423 e. The molecular weight excluding hydrogens is 497 g/mol. The first-order valence-corrected chi connectivity index (χ1v) is 10.8. The predicted molar refractivity (Wildman–Crippen MR) is 116 cm³/mol. The van der Waals surface area contributed by atoms with Gasteiger partial charge in [-0.25, -0.2) is 23.8 Å². The number of anilines is 2. The van der Waals surface area contributed by atoms with E-state index in [1.54, 1.807) is 10.00 Å². The van der Waals surface area contributed by atoms with Gasteiger partial charge in [-0.15, -0.1) is 0 Å². The molecule has 3 N–H and O–H groups in total. The number of hydrogen-bond acceptors (Lipinski definition) is 9. The standard InChI is InChI=1S/C20H24F5N7O4/c1-11(29-13-8-28-30-17(34)15(13)20(23,24)25)9-36-10-14(33)18(35)31-2-4-32(5-3-31)19-26-6-12(7-27-19)16(21)22/h6-8,11,14,16,33H,2-5,9-10H2,1H3,(H2,29,30,34). The van der Waals surface area contributed by atoms with Crippen LogP contribution in [0.2, 0.25) is 0 Å². The molecule has 0 saturated carbocycles. The molecule has 1 aliphatic heterocycles. The van der Waals surface area contributed by atoms with E-state index >= 15 is 0 Å². The first kappa shape index (κ1) is 27.2. The number of alkyl halides is 5. The SMILES string of the molecule is CC(COCC(O)C(=O)N1CCN(c2ncc(C(F)F)cn2)CC1)Nc1cn[nH]c(=O)c1C(F)(F)F. The summed E-state index contributed by atoms with van der Waals surface area (Å²) >= 11 is 0. The van der Waals surface area contributed by atoms with Crippen molar-refractivity contribution in [1.29, 1.82) is 0 Å². The van der Waals surface area contributed by atoms with Crippen molar-refractivity contribution in [3.05, 3.63) is 40.1 Å². The van der Waals surface area contributed by atoms with E-state index in [0.29, 0.717) is 13.1 Å². The van der Waals surface area contributed by atoms with Gasteiger partial charge in [0.1, 0.15) is 5.56 Å². The number of amides is 1. The molecule has 3 heterocycles. The van der Waals surface area contributed by atoms with Crippen LogP contribution in [0, 0.1) is 0 Å². The molecule has 0 aromatic carbocycles. The highest BCUT2D eigenvalue weighted by atomic mass is 19.4. The monoisotopic (exact) mass is 521 g/mol. The first-order chi connectivity index (χ1) is 17.0. The third-order valence-corrected chi connectivity index (χ3v) is 5.25. The van der Waals surface area contributed by atoms with Crippen molar-refractivity contribution in [2.24, 2.45) is 0 Å². The van der Waals surface area contributed by atoms with Crippen molar-refractivity contribution >= 4 is 17.5 Å². The third kappa shape index (κ3) is 6.84. The molecule has 16 heteroatoms. The Bertz CT molecular complexity index is 1080. The van der Waals surface area contributed by atoms with E-state index in [0.717, 1.165) is 18.6 Å². The molecule has 2 atom stereocenters. The quantitative estimate of drug-likeness (QED) is 0.414. The Morgan fingerprint density at radius 2 is 1.81 bits per heavy atom. The van der Waals surface area contributed by atoms with Gasteiger partial charge >= 0.3 is 6.18 Å². The number of rotatable bonds is 9. The Balaban J connectivity index is 1.44. The Morgan fingerprint density at radius 3 is 2.39 bits per heavy atom. The summed E-state index contributed by atoms with van der Waals surface area (Å²) < 4.78 is 69.9. The van der Waals surface area contributed by atoms with Gasteiger partial charge in [-0.2, -0.15) is 18.3 Å². The molecule has 11 nitrogen and oxygen atoms in total. The fraction of sp³-hybridized carbons (Fsp3) is 0.550. The molecule has 1 aliphatic rings. The minimum Gasteiger partial charge on any atom is -0.381 e. The fourth-order valence-electron chi connectivity index (χ4n) is 3.47. The highest BCUT2D eigenvalue weighted by molar-refractivity contribution is 5.81. The molecule has 3 rings (SSSR count). The molecule has 0 spiro atoms. The highest BCUT2D eigenvalue weighted by Gasteiger charge is 2.37. The summed E-state index contributed by atoms with van der Waals surface area (Å²) in [6.45, 7) is 2.01. The van der Waals surface area contributed by atoms with E-state index in [1.807, 2.05) is 0 Å². The lowest BCUT2D eigenvalue weighted by molar-refractivity contribution is -0.143. The van der Waals surface area contributed by atoms with Crippen molar-refractivity contribution in [2.75, 3.05) is 49.6 Å². The number of hydrogen-bond donors (Lipinski definition) is 3. The number of carbonyl (C=O) groups excluding carboxylic acids is 1. The van der Waals surface area contributed by atoms with Gasteiger partial charge in [0.2, 0.25) is 5.95 Å². The largest absolute Gasteiger partial charge is 0.423 e. The second kappa shape index (κ2) is 11.6. The van der Waals surface area contributed by atoms with E-state index in [9.17, 15) is 36.6 Å². The van der Waals surface area contributed by atoms with Crippen molar-refractivity contribution in [3.8, 4) is 0 Å². The molecule has 0 aliphatic carbocycles. The van der Waals surface area contributed by atoms with Gasteiger partial charge in [-0.05, 0) is 6.92 Å². The smallest absolute Gasteiger partial charge is 0.381 e. The van der Waals surface area contributed by atoms with Gasteiger partial charge in [-0.1, -0.05) is 0 Å². The van der Waals surface area contributed by atoms with Gasteiger partial charge in [-0.3, -0.25) is 9.59 Å². The van der Waals surface area contributed by atoms with Gasteiger partial charge in [0.25, 0.3) is 17.9 Å². The molecule has 2 unspecified atom stereocenters. The summed E-state index contributed by atoms with van der Waals surface area (Å²) in [5.74, 6) is -0.344. The lowest BCUT2D eigenvalue weighted by Gasteiger charge is -2.35. The molecule has 1 amide bonds. The second-order valence-corrected chi connectivity index (χ2v) is 8.01. The van der Waals surface area contributed by atoms with E-state index in [1.165, 1.54) is 11.8 Å². The molecule has 2 aromatic heterocycles. The molecular formula is C20H24F5N7O4. The second-order valence-electron chi connectivity index (χ2n) is 8.01. The normalized spacial score (nSPS) is 16.2. The number of aliphatic hydroxyl groups excluding tert-OH is 1. The van der Waals surface area contributed by atoms with Crippen LogP contribution in [0.15, 0.2) is 23.4 Å². The zero-order chi connectivity index (χ0) is 26.5. The number of halogens is 5. The molecule has 2 aromatic rings. The van der Waals surface area contributed by atoms with E-state index in [2.05, 4.69) is 20.4 Å². The van der Waals surface area contributed by atoms with Crippen LogP contribution >= 0.6 is 0 Å². The Morgan fingerprint density at radius 1 is 1.17 bits per heavy atom. The first-order valence-electron chi connectivity index (χ1n) is 10.8. The molecule has 1 fully saturated rings. The van der Waals surface area contributed by atoms with E-state index < -0.39 is 54.1 Å². The van der Waals surface area contributed by atoms with Crippen LogP contribution in [0.25, 0.3) is 0 Å². The predicted octanol–water partition coefficient (Wildman–Crippen LogP) is 1.04. The average Bonchev–Trinajstić information content (AvgIpc) is 2.83. The lowest BCUT2D eigenvalue weighted by Crippen LogP contribution is -2.52. The number of H-pyrrole nitrogens is 1. The number of piperazine rings is 1. The maximum atomic E-state index is 13.1. The van der Waals surface area contributed by atoms with Crippen LogP contribution in [0.5, 0.6) is 0 Å². The number of nitrogens with one attached hydrogen (secondary N) is 2. The van der Waals surface area contributed by atoms with Gasteiger partial charge < -0.3 is 25.0 Å². The van der Waals surface area contributed by atoms with Gasteiger partial charge in [0, 0.05) is 44.6 Å². The van der Waals surface area contributed by atoms with Gasteiger partial charge in [0.05, 0.1) is 30.7 Å². The van der Waals surface area contributed by atoms with Crippen molar-refractivity contribution < 1.29 is 36.6 Å². The van der Waals surface area contributed by atoms with Crippen LogP contribution < -0.4 is 15.8 Å². The molecule has 36 heavy (non-hydrogen) atoms. The van der Waals surface area contributed by atoms with E-state index in [-0.39, 0.29) is 31.2 Å². The zero-order valence-corrected chi connectivity index (χ0v) is 19.0. The molecule has 198 valence electrons. The minimum atomic E-state index is -4.90. The summed E-state index contributed by atoms with van der Waals surface area (Å²) in [5, 5.41) is 17.8. The maximum absolute atomic E-state index is 13.1. The van der Waals surface area contributed by atoms with Crippen molar-refractivity contribution in [3.63, 3.8) is 0 Å². The zero-order valence-electron chi connectivity index (χ0n) is 19.0. The number of ether oxygens (including phenoxy) is 1. The number of nitrogens with zero attached hydrogens (tertiary/aromatic N) is 5. The summed E-state index contributed by atoms with van der Waals surface area (Å²) in [4.78, 5) is 34.9. The topological polar surface area (TPSA) is 137 Å². The minimum absolute atomic E-state index is 0.172. The number of aliphatic hydroxyl groups is 1. The fourth-order valence-corrected chi connectivity index (χ4v) is 3.47. The summed E-state index contributed by atoms with van der Waals surface area (Å²) in [6, 6.07) is -0.711. The Kier molecular flexibility index (Phi) is 8.73. The number of carbonyl (C=O) groups is 1. The Labute approximate surface area is 201 Å². The van der Waals surface area contributed by atoms with Crippen LogP contribution in [-0.4, -0.2) is 87.6 Å². The van der Waals surface area contributed by atoms with Crippen molar-refractivity contribution in [2.45, 2.75) is 31.7 Å². The molecule has 1 saturated heterocycles. The van der Waals surface area contributed by atoms with Crippen LogP contribution in [0.4, 0.5) is 33.6 Å². The third-order valence-electron chi connectivity index (χ3n) is 5.25. The van der Waals surface area contributed by atoms with Crippen LogP contribution in [0.3, 0.4) is 0 Å². The van der Waals surface area contributed by atoms with Gasteiger partial charge in [0.15, 0.2) is 6.10 Å². The van der Waals surface area contributed by atoms with E-state index in [4.69, 9.17) is 4.74 Å². The number of aromatic nitrogens is 4. The van der Waals surface area contributed by atoms with Crippen LogP contribution in [-0.2, 0) is 15.7 Å². The molecule has 0 radical (unpaired) electrons.